The zero-order valence-corrected chi connectivity index (χ0v) is 13.0. The number of hydrogen-bond donors (Lipinski definition) is 2. The normalized spacial score (nSPS) is 29.2. The van der Waals surface area contributed by atoms with Gasteiger partial charge in [-0.3, -0.25) is 11.3 Å². The van der Waals surface area contributed by atoms with Gasteiger partial charge in [0.15, 0.2) is 0 Å². The Balaban J connectivity index is 2.22. The number of hydrazine groups is 1. The fourth-order valence-corrected chi connectivity index (χ4v) is 3.54. The van der Waals surface area contributed by atoms with E-state index in [0.717, 1.165) is 22.4 Å². The molecule has 4 atom stereocenters. The topological polar surface area (TPSA) is 38.0 Å². The lowest BCUT2D eigenvalue weighted by Crippen LogP contribution is -2.37. The van der Waals surface area contributed by atoms with Gasteiger partial charge in [-0.1, -0.05) is 43.5 Å². The van der Waals surface area contributed by atoms with E-state index < -0.39 is 0 Å². The molecule has 19 heavy (non-hydrogen) atoms. The molecule has 0 saturated heterocycles. The monoisotopic (exact) mass is 300 g/mol. The van der Waals surface area contributed by atoms with Crippen LogP contribution in [0.3, 0.4) is 0 Å². The molecule has 1 fully saturated rings. The van der Waals surface area contributed by atoms with Gasteiger partial charge in [-0.25, -0.2) is 0 Å². The highest BCUT2D eigenvalue weighted by atomic mass is 35.5. The summed E-state index contributed by atoms with van der Waals surface area (Å²) in [4.78, 5) is 0. The van der Waals surface area contributed by atoms with Crippen LogP contribution in [0.25, 0.3) is 0 Å². The van der Waals surface area contributed by atoms with E-state index in [9.17, 15) is 0 Å². The van der Waals surface area contributed by atoms with Gasteiger partial charge in [0.05, 0.1) is 6.04 Å². The van der Waals surface area contributed by atoms with Crippen molar-refractivity contribution in [1.82, 2.24) is 5.43 Å². The van der Waals surface area contributed by atoms with Gasteiger partial charge in [0.25, 0.3) is 0 Å². The summed E-state index contributed by atoms with van der Waals surface area (Å²) in [5.41, 5.74) is 3.97. The highest BCUT2D eigenvalue weighted by molar-refractivity contribution is 6.33. The first-order valence-electron chi connectivity index (χ1n) is 6.94. The summed E-state index contributed by atoms with van der Waals surface area (Å²) in [5.74, 6) is 7.83. The standard InChI is InChI=1S/C15H22Cl2N2/c1-9-3-4-11(7-10(9)2)15(19-18)13-8-12(16)5-6-14(13)17/h5-6,8-11,15,19H,3-4,7,18H2,1-2H3. The van der Waals surface area contributed by atoms with E-state index >= 15 is 0 Å². The first kappa shape index (κ1) is 15.1. The van der Waals surface area contributed by atoms with E-state index in [2.05, 4.69) is 19.3 Å². The molecule has 0 radical (unpaired) electrons. The maximum atomic E-state index is 6.30. The lowest BCUT2D eigenvalue weighted by Gasteiger charge is -2.37. The van der Waals surface area contributed by atoms with Gasteiger partial charge >= 0.3 is 0 Å². The van der Waals surface area contributed by atoms with Crippen molar-refractivity contribution < 1.29 is 0 Å². The quantitative estimate of drug-likeness (QED) is 0.634. The van der Waals surface area contributed by atoms with Crippen LogP contribution < -0.4 is 11.3 Å². The van der Waals surface area contributed by atoms with Gasteiger partial charge in [-0.2, -0.15) is 0 Å². The second-order valence-corrected chi connectivity index (χ2v) is 6.68. The van der Waals surface area contributed by atoms with E-state index in [1.807, 2.05) is 18.2 Å². The van der Waals surface area contributed by atoms with Gasteiger partial charge in [0.1, 0.15) is 0 Å². The van der Waals surface area contributed by atoms with Gasteiger partial charge in [-0.15, -0.1) is 0 Å². The fraction of sp³-hybridized carbons (Fsp3) is 0.600. The molecular weight excluding hydrogens is 279 g/mol. The molecule has 0 bridgehead atoms. The van der Waals surface area contributed by atoms with Crippen molar-refractivity contribution in [3.05, 3.63) is 33.8 Å². The second-order valence-electron chi connectivity index (χ2n) is 5.84. The molecule has 4 heteroatoms. The van der Waals surface area contributed by atoms with Crippen LogP contribution in [-0.2, 0) is 0 Å². The molecule has 2 rings (SSSR count). The number of halogens is 2. The molecule has 106 valence electrons. The van der Waals surface area contributed by atoms with Crippen molar-refractivity contribution in [2.24, 2.45) is 23.6 Å². The van der Waals surface area contributed by atoms with Crippen LogP contribution in [0.2, 0.25) is 10.0 Å². The molecule has 1 aromatic carbocycles. The average Bonchev–Trinajstić information content (AvgIpc) is 2.38. The number of nitrogens with one attached hydrogen (secondary N) is 1. The summed E-state index contributed by atoms with van der Waals surface area (Å²) in [5, 5.41) is 1.44. The lowest BCUT2D eigenvalue weighted by atomic mass is 9.72. The molecule has 0 spiro atoms. The zero-order chi connectivity index (χ0) is 14.0. The molecule has 1 saturated carbocycles. The zero-order valence-electron chi connectivity index (χ0n) is 11.5. The Bertz CT molecular complexity index is 436. The van der Waals surface area contributed by atoms with Crippen LogP contribution in [0.4, 0.5) is 0 Å². The van der Waals surface area contributed by atoms with Crippen LogP contribution in [-0.4, -0.2) is 0 Å². The van der Waals surface area contributed by atoms with Crippen molar-refractivity contribution >= 4 is 23.2 Å². The molecule has 0 amide bonds. The van der Waals surface area contributed by atoms with Gasteiger partial charge in [0.2, 0.25) is 0 Å². The molecule has 0 aromatic heterocycles. The molecule has 2 nitrogen and oxygen atoms in total. The smallest absolute Gasteiger partial charge is 0.0503 e. The Morgan fingerprint density at radius 3 is 2.58 bits per heavy atom. The first-order chi connectivity index (χ1) is 9.02. The summed E-state index contributed by atoms with van der Waals surface area (Å²) in [6.07, 6.45) is 3.62. The van der Waals surface area contributed by atoms with Gasteiger partial charge in [-0.05, 0) is 54.4 Å². The predicted octanol–water partition coefficient (Wildman–Crippen LogP) is 4.57. The average molecular weight is 301 g/mol. The van der Waals surface area contributed by atoms with Crippen molar-refractivity contribution in [2.45, 2.75) is 39.2 Å². The largest absolute Gasteiger partial charge is 0.271 e. The van der Waals surface area contributed by atoms with Gasteiger partial charge < -0.3 is 0 Å². The van der Waals surface area contributed by atoms with Crippen molar-refractivity contribution in [3.63, 3.8) is 0 Å². The minimum atomic E-state index is 0.0844. The maximum absolute atomic E-state index is 6.30. The van der Waals surface area contributed by atoms with Crippen molar-refractivity contribution in [2.75, 3.05) is 0 Å². The number of nitrogens with two attached hydrogens (primary N) is 1. The summed E-state index contributed by atoms with van der Waals surface area (Å²) in [6.45, 7) is 4.65. The number of hydrogen-bond acceptors (Lipinski definition) is 2. The van der Waals surface area contributed by atoms with E-state index in [1.54, 1.807) is 0 Å². The number of benzene rings is 1. The van der Waals surface area contributed by atoms with E-state index in [1.165, 1.54) is 19.3 Å². The van der Waals surface area contributed by atoms with Crippen LogP contribution in [0.1, 0.15) is 44.7 Å². The Morgan fingerprint density at radius 2 is 1.95 bits per heavy atom. The van der Waals surface area contributed by atoms with E-state index in [4.69, 9.17) is 29.0 Å². The first-order valence-corrected chi connectivity index (χ1v) is 7.69. The third-order valence-corrected chi connectivity index (χ3v) is 5.16. The second kappa shape index (κ2) is 6.45. The van der Waals surface area contributed by atoms with Crippen molar-refractivity contribution in [3.8, 4) is 0 Å². The Labute approximate surface area is 125 Å². The highest BCUT2D eigenvalue weighted by Gasteiger charge is 2.31. The Kier molecular flexibility index (Phi) is 5.13. The third kappa shape index (κ3) is 3.43. The summed E-state index contributed by atoms with van der Waals surface area (Å²) in [7, 11) is 0. The molecule has 3 N–H and O–H groups in total. The Morgan fingerprint density at radius 1 is 1.21 bits per heavy atom. The molecular formula is C15H22Cl2N2. The molecule has 1 aliphatic rings. The molecule has 0 heterocycles. The van der Waals surface area contributed by atoms with Crippen LogP contribution in [0.15, 0.2) is 18.2 Å². The lowest BCUT2D eigenvalue weighted by molar-refractivity contribution is 0.171. The minimum Gasteiger partial charge on any atom is -0.271 e. The SMILES string of the molecule is CC1CCC(C(NN)c2cc(Cl)ccc2Cl)CC1C. The van der Waals surface area contributed by atoms with Crippen LogP contribution in [0, 0.1) is 17.8 Å². The molecule has 1 aliphatic carbocycles. The Hall–Kier alpha value is -0.280. The van der Waals surface area contributed by atoms with Crippen molar-refractivity contribution in [1.29, 1.82) is 0 Å². The number of rotatable bonds is 3. The fourth-order valence-electron chi connectivity index (χ4n) is 3.12. The molecule has 4 unspecified atom stereocenters. The molecule has 0 aliphatic heterocycles. The minimum absolute atomic E-state index is 0.0844. The summed E-state index contributed by atoms with van der Waals surface area (Å²) in [6, 6.07) is 5.67. The summed E-state index contributed by atoms with van der Waals surface area (Å²) >= 11 is 12.4. The maximum Gasteiger partial charge on any atom is 0.0503 e. The predicted molar refractivity (Wildman–Crippen MR) is 82.2 cm³/mol. The highest BCUT2D eigenvalue weighted by Crippen LogP contribution is 2.41. The van der Waals surface area contributed by atoms with Gasteiger partial charge in [0, 0.05) is 10.0 Å². The van der Waals surface area contributed by atoms with E-state index in [0.29, 0.717) is 10.9 Å². The van der Waals surface area contributed by atoms with Crippen LogP contribution in [0.5, 0.6) is 0 Å². The third-order valence-electron chi connectivity index (χ3n) is 4.58. The van der Waals surface area contributed by atoms with E-state index in [-0.39, 0.29) is 6.04 Å². The van der Waals surface area contributed by atoms with Crippen LogP contribution >= 0.6 is 23.2 Å². The summed E-state index contributed by atoms with van der Waals surface area (Å²) < 4.78 is 0. The molecule has 1 aromatic rings.